The van der Waals surface area contributed by atoms with Crippen LogP contribution in [0.5, 0.6) is 0 Å². The Balaban J connectivity index is 1.70. The highest BCUT2D eigenvalue weighted by Gasteiger charge is 2.27. The van der Waals surface area contributed by atoms with Gasteiger partial charge in [0.25, 0.3) is 0 Å². The summed E-state index contributed by atoms with van der Waals surface area (Å²) in [6.45, 7) is 9.41. The Morgan fingerprint density at radius 1 is 1.04 bits per heavy atom. The highest BCUT2D eigenvalue weighted by molar-refractivity contribution is 7.13. The van der Waals surface area contributed by atoms with Crippen LogP contribution in [0, 0.1) is 6.92 Å². The Kier molecular flexibility index (Phi) is 5.67. The van der Waals surface area contributed by atoms with E-state index in [4.69, 9.17) is 4.98 Å². The van der Waals surface area contributed by atoms with Gasteiger partial charge in [-0.25, -0.2) is 9.97 Å². The van der Waals surface area contributed by atoms with Crippen LogP contribution in [0.15, 0.2) is 35.0 Å². The molecule has 1 N–H and O–H groups in total. The normalized spacial score (nSPS) is 13.8. The number of thiazole rings is 2. The third kappa shape index (κ3) is 4.17. The van der Waals surface area contributed by atoms with Gasteiger partial charge in [0.05, 0.1) is 11.2 Å². The van der Waals surface area contributed by atoms with E-state index < -0.39 is 0 Å². The zero-order valence-electron chi connectivity index (χ0n) is 15.3. The lowest BCUT2D eigenvalue weighted by Gasteiger charge is -2.27. The predicted molar refractivity (Wildman–Crippen MR) is 108 cm³/mol. The zero-order chi connectivity index (χ0) is 17.9. The van der Waals surface area contributed by atoms with Gasteiger partial charge in [-0.05, 0) is 32.3 Å². The van der Waals surface area contributed by atoms with Crippen molar-refractivity contribution >= 4 is 22.7 Å². The predicted octanol–water partition coefficient (Wildman–Crippen LogP) is 5.55. The molecule has 0 spiro atoms. The highest BCUT2D eigenvalue weighted by Crippen LogP contribution is 2.29. The second kappa shape index (κ2) is 7.77. The first kappa shape index (κ1) is 18.2. The molecule has 0 amide bonds. The first-order valence-corrected chi connectivity index (χ1v) is 10.5. The van der Waals surface area contributed by atoms with E-state index in [-0.39, 0.29) is 5.54 Å². The van der Waals surface area contributed by atoms with Crippen LogP contribution >= 0.6 is 22.7 Å². The molecule has 0 radical (unpaired) electrons. The Morgan fingerprint density at radius 2 is 1.80 bits per heavy atom. The van der Waals surface area contributed by atoms with Gasteiger partial charge in [-0.1, -0.05) is 38.1 Å². The smallest absolute Gasteiger partial charge is 0.123 e. The minimum atomic E-state index is -0.106. The Hall–Kier alpha value is -1.56. The van der Waals surface area contributed by atoms with Gasteiger partial charge in [0, 0.05) is 28.6 Å². The molecule has 1 unspecified atom stereocenters. The van der Waals surface area contributed by atoms with E-state index >= 15 is 0 Å². The molecule has 3 rings (SSSR count). The van der Waals surface area contributed by atoms with Crippen LogP contribution in [-0.4, -0.2) is 9.97 Å². The molecular formula is C20H25N3S2. The van der Waals surface area contributed by atoms with Crippen molar-refractivity contribution in [2.45, 2.75) is 52.6 Å². The van der Waals surface area contributed by atoms with Crippen molar-refractivity contribution in [2.75, 3.05) is 0 Å². The van der Waals surface area contributed by atoms with E-state index in [1.54, 1.807) is 22.7 Å². The summed E-state index contributed by atoms with van der Waals surface area (Å²) in [5.41, 5.74) is 4.63. The van der Waals surface area contributed by atoms with E-state index in [0.29, 0.717) is 0 Å². The third-order valence-electron chi connectivity index (χ3n) is 4.62. The van der Waals surface area contributed by atoms with Crippen molar-refractivity contribution < 1.29 is 0 Å². The number of rotatable bonds is 7. The maximum absolute atomic E-state index is 4.81. The number of hydrogen-bond acceptors (Lipinski definition) is 5. The van der Waals surface area contributed by atoms with E-state index in [2.05, 4.69) is 66.1 Å². The largest absolute Gasteiger partial charge is 0.300 e. The summed E-state index contributed by atoms with van der Waals surface area (Å²) in [6.07, 6.45) is 2.06. The van der Waals surface area contributed by atoms with Crippen LogP contribution in [0.1, 0.15) is 49.2 Å². The first-order valence-electron chi connectivity index (χ1n) is 8.75. The molecule has 2 aromatic heterocycles. The van der Waals surface area contributed by atoms with Gasteiger partial charge < -0.3 is 0 Å². The average molecular weight is 372 g/mol. The maximum atomic E-state index is 4.81. The van der Waals surface area contributed by atoms with Gasteiger partial charge in [0.15, 0.2) is 0 Å². The SMILES string of the molecule is CCc1ccc(-c2nc(CNC(C)(CC)c3nc(C)cs3)cs2)cc1. The lowest BCUT2D eigenvalue weighted by Crippen LogP contribution is -2.38. The Morgan fingerprint density at radius 3 is 2.40 bits per heavy atom. The molecule has 25 heavy (non-hydrogen) atoms. The minimum absolute atomic E-state index is 0.106. The summed E-state index contributed by atoms with van der Waals surface area (Å²) in [5, 5.41) is 10.2. The number of hydrogen-bond donors (Lipinski definition) is 1. The van der Waals surface area contributed by atoms with Crippen molar-refractivity contribution in [3.63, 3.8) is 0 Å². The molecule has 1 aromatic carbocycles. The molecule has 0 aliphatic carbocycles. The molecule has 0 fully saturated rings. The highest BCUT2D eigenvalue weighted by atomic mass is 32.1. The third-order valence-corrected chi connectivity index (χ3v) is 6.78. The molecule has 2 heterocycles. The van der Waals surface area contributed by atoms with E-state index in [0.717, 1.165) is 40.8 Å². The van der Waals surface area contributed by atoms with Gasteiger partial charge in [0.2, 0.25) is 0 Å². The molecule has 0 saturated carbocycles. The summed E-state index contributed by atoms with van der Waals surface area (Å²) in [5.74, 6) is 0. The molecular weight excluding hydrogens is 346 g/mol. The first-order chi connectivity index (χ1) is 12.0. The molecule has 1 atom stereocenters. The maximum Gasteiger partial charge on any atom is 0.123 e. The second-order valence-electron chi connectivity index (χ2n) is 6.53. The van der Waals surface area contributed by atoms with Gasteiger partial charge in [-0.2, -0.15) is 0 Å². The van der Waals surface area contributed by atoms with Crippen LogP contribution in [0.2, 0.25) is 0 Å². The fraction of sp³-hybridized carbons (Fsp3) is 0.400. The van der Waals surface area contributed by atoms with Crippen molar-refractivity contribution in [2.24, 2.45) is 0 Å². The van der Waals surface area contributed by atoms with Crippen molar-refractivity contribution in [1.29, 1.82) is 0 Å². The number of nitrogens with one attached hydrogen (secondary N) is 1. The van der Waals surface area contributed by atoms with Crippen molar-refractivity contribution in [3.05, 3.63) is 57.0 Å². The fourth-order valence-electron chi connectivity index (χ4n) is 2.65. The van der Waals surface area contributed by atoms with Gasteiger partial charge in [0.1, 0.15) is 10.0 Å². The van der Waals surface area contributed by atoms with Crippen LogP contribution in [0.25, 0.3) is 10.6 Å². The van der Waals surface area contributed by atoms with E-state index in [1.807, 2.05) is 6.92 Å². The molecule has 0 saturated heterocycles. The van der Waals surface area contributed by atoms with Crippen LogP contribution in [0.3, 0.4) is 0 Å². The monoisotopic (exact) mass is 371 g/mol. The number of aryl methyl sites for hydroxylation is 2. The van der Waals surface area contributed by atoms with Crippen LogP contribution in [-0.2, 0) is 18.5 Å². The molecule has 0 aliphatic rings. The lowest BCUT2D eigenvalue weighted by molar-refractivity contribution is 0.347. The topological polar surface area (TPSA) is 37.8 Å². The van der Waals surface area contributed by atoms with Gasteiger partial charge in [-0.3, -0.25) is 5.32 Å². The van der Waals surface area contributed by atoms with E-state index in [1.165, 1.54) is 11.1 Å². The molecule has 5 heteroatoms. The summed E-state index contributed by atoms with van der Waals surface area (Å²) in [4.78, 5) is 9.48. The Bertz CT molecular complexity index is 820. The quantitative estimate of drug-likeness (QED) is 0.591. The number of aromatic nitrogens is 2. The van der Waals surface area contributed by atoms with Crippen LogP contribution < -0.4 is 5.32 Å². The molecule has 3 nitrogen and oxygen atoms in total. The molecule has 0 bridgehead atoms. The summed E-state index contributed by atoms with van der Waals surface area (Å²) in [6, 6.07) is 8.72. The standard InChI is InChI=1S/C20H25N3S2/c1-5-15-7-9-16(10-8-15)18-23-17(13-24-18)11-21-20(4,6-2)19-22-14(3)12-25-19/h7-10,12-13,21H,5-6,11H2,1-4H3. The minimum Gasteiger partial charge on any atom is -0.300 e. The van der Waals surface area contributed by atoms with Crippen LogP contribution in [0.4, 0.5) is 0 Å². The molecule has 132 valence electrons. The average Bonchev–Trinajstić information content (AvgIpc) is 3.29. The van der Waals surface area contributed by atoms with Crippen molar-refractivity contribution in [3.8, 4) is 10.6 Å². The second-order valence-corrected chi connectivity index (χ2v) is 8.24. The molecule has 0 aliphatic heterocycles. The molecule has 3 aromatic rings. The van der Waals surface area contributed by atoms with Crippen molar-refractivity contribution in [1.82, 2.24) is 15.3 Å². The van der Waals surface area contributed by atoms with Gasteiger partial charge in [-0.15, -0.1) is 22.7 Å². The summed E-state index contributed by atoms with van der Waals surface area (Å²) < 4.78 is 0. The lowest BCUT2D eigenvalue weighted by atomic mass is 10.00. The number of nitrogens with zero attached hydrogens (tertiary/aromatic N) is 2. The van der Waals surface area contributed by atoms with Gasteiger partial charge >= 0.3 is 0 Å². The number of benzene rings is 1. The Labute approximate surface area is 158 Å². The summed E-state index contributed by atoms with van der Waals surface area (Å²) in [7, 11) is 0. The fourth-order valence-corrected chi connectivity index (χ4v) is 4.48. The zero-order valence-corrected chi connectivity index (χ0v) is 16.9. The van der Waals surface area contributed by atoms with E-state index in [9.17, 15) is 0 Å². The summed E-state index contributed by atoms with van der Waals surface area (Å²) >= 11 is 3.44.